The van der Waals surface area contributed by atoms with Crippen LogP contribution in [0, 0.1) is 0 Å². The molecular formula is C15H21ClN2OS. The van der Waals surface area contributed by atoms with Crippen molar-refractivity contribution >= 4 is 22.9 Å². The Kier molecular flexibility index (Phi) is 6.10. The van der Waals surface area contributed by atoms with E-state index in [0.29, 0.717) is 0 Å². The summed E-state index contributed by atoms with van der Waals surface area (Å²) in [6.45, 7) is 5.68. The van der Waals surface area contributed by atoms with Gasteiger partial charge in [0.05, 0.1) is 17.4 Å². The first-order chi connectivity index (χ1) is 9.67. The number of thiophene rings is 1. The maximum Gasteiger partial charge on any atom is 0.118 e. The van der Waals surface area contributed by atoms with Crippen LogP contribution in [0.2, 0.25) is 4.34 Å². The summed E-state index contributed by atoms with van der Waals surface area (Å²) >= 11 is 7.57. The monoisotopic (exact) mass is 312 g/mol. The van der Waals surface area contributed by atoms with E-state index in [1.54, 1.807) is 11.3 Å². The number of nitrogens with one attached hydrogen (secondary N) is 1. The van der Waals surface area contributed by atoms with Gasteiger partial charge in [0.1, 0.15) is 11.5 Å². The Labute approximate surface area is 129 Å². The normalized spacial score (nSPS) is 11.4. The molecule has 110 valence electrons. The van der Waals surface area contributed by atoms with E-state index in [0.717, 1.165) is 48.5 Å². The summed E-state index contributed by atoms with van der Waals surface area (Å²) in [5, 5.41) is 3.34. The van der Waals surface area contributed by atoms with Crippen LogP contribution in [0.25, 0.3) is 0 Å². The van der Waals surface area contributed by atoms with Crippen LogP contribution < -0.4 is 5.32 Å². The Morgan fingerprint density at radius 3 is 2.70 bits per heavy atom. The molecule has 2 heterocycles. The third-order valence-corrected chi connectivity index (χ3v) is 4.14. The molecule has 5 heteroatoms. The fourth-order valence-electron chi connectivity index (χ4n) is 2.02. The van der Waals surface area contributed by atoms with Gasteiger partial charge in [-0.2, -0.15) is 0 Å². The fraction of sp³-hybridized carbons (Fsp3) is 0.467. The van der Waals surface area contributed by atoms with Crippen LogP contribution in [0.5, 0.6) is 0 Å². The fourth-order valence-corrected chi connectivity index (χ4v) is 3.18. The van der Waals surface area contributed by atoms with E-state index >= 15 is 0 Å². The lowest BCUT2D eigenvalue weighted by Gasteiger charge is -2.13. The van der Waals surface area contributed by atoms with E-state index < -0.39 is 0 Å². The van der Waals surface area contributed by atoms with Crippen molar-refractivity contribution in [2.24, 2.45) is 0 Å². The predicted octanol–water partition coefficient (Wildman–Crippen LogP) is 4.13. The van der Waals surface area contributed by atoms with Crippen molar-refractivity contribution in [2.45, 2.75) is 33.0 Å². The zero-order chi connectivity index (χ0) is 14.4. The lowest BCUT2D eigenvalue weighted by Crippen LogP contribution is -2.16. The maximum atomic E-state index is 5.94. The maximum absolute atomic E-state index is 5.94. The second-order valence-electron chi connectivity index (χ2n) is 4.92. The number of furan rings is 1. The van der Waals surface area contributed by atoms with Crippen LogP contribution in [0.4, 0.5) is 0 Å². The van der Waals surface area contributed by atoms with Crippen molar-refractivity contribution < 1.29 is 4.42 Å². The van der Waals surface area contributed by atoms with E-state index in [4.69, 9.17) is 16.0 Å². The highest BCUT2D eigenvalue weighted by atomic mass is 35.5. The Balaban J connectivity index is 1.80. The molecule has 0 aliphatic heterocycles. The molecule has 1 N–H and O–H groups in total. The van der Waals surface area contributed by atoms with Gasteiger partial charge in [-0.15, -0.1) is 11.3 Å². The summed E-state index contributed by atoms with van der Waals surface area (Å²) in [5.74, 6) is 2.00. The van der Waals surface area contributed by atoms with Gasteiger partial charge >= 0.3 is 0 Å². The highest BCUT2D eigenvalue weighted by molar-refractivity contribution is 7.16. The molecule has 2 aromatic heterocycles. The summed E-state index contributed by atoms with van der Waals surface area (Å²) in [5.41, 5.74) is 0. The molecule has 0 unspecified atom stereocenters. The molecule has 0 atom stereocenters. The standard InChI is InChI=1S/C15H21ClN2OS/c1-3-8-17-9-12-4-5-13(19-12)10-18(2)11-14-6-7-15(16)20-14/h4-7,17H,3,8-11H2,1-2H3. The summed E-state index contributed by atoms with van der Waals surface area (Å²) in [6.07, 6.45) is 1.14. The quantitative estimate of drug-likeness (QED) is 0.743. The van der Waals surface area contributed by atoms with E-state index in [1.165, 1.54) is 4.88 Å². The van der Waals surface area contributed by atoms with Gasteiger partial charge in [0.2, 0.25) is 0 Å². The third-order valence-electron chi connectivity index (χ3n) is 2.92. The predicted molar refractivity (Wildman–Crippen MR) is 85.2 cm³/mol. The molecule has 2 aromatic rings. The molecule has 3 nitrogen and oxygen atoms in total. The summed E-state index contributed by atoms with van der Waals surface area (Å²) in [4.78, 5) is 3.50. The van der Waals surface area contributed by atoms with Crippen LogP contribution >= 0.6 is 22.9 Å². The molecule has 20 heavy (non-hydrogen) atoms. The topological polar surface area (TPSA) is 28.4 Å². The number of rotatable bonds is 8. The SMILES string of the molecule is CCCNCc1ccc(CN(C)Cc2ccc(Cl)s2)o1. The van der Waals surface area contributed by atoms with Gasteiger partial charge in [-0.05, 0) is 44.3 Å². The van der Waals surface area contributed by atoms with Crippen molar-refractivity contribution in [1.82, 2.24) is 10.2 Å². The largest absolute Gasteiger partial charge is 0.463 e. The number of hydrogen-bond donors (Lipinski definition) is 1. The molecule has 0 spiro atoms. The van der Waals surface area contributed by atoms with Gasteiger partial charge in [0.25, 0.3) is 0 Å². The second kappa shape index (κ2) is 7.84. The average Bonchev–Trinajstić information content (AvgIpc) is 2.99. The lowest BCUT2D eigenvalue weighted by atomic mass is 10.3. The van der Waals surface area contributed by atoms with Crippen LogP contribution in [0.1, 0.15) is 29.7 Å². The van der Waals surface area contributed by atoms with Crippen LogP contribution in [0.3, 0.4) is 0 Å². The Bertz CT molecular complexity index is 523. The van der Waals surface area contributed by atoms with E-state index in [1.807, 2.05) is 12.1 Å². The Hall–Kier alpha value is -0.810. The average molecular weight is 313 g/mol. The van der Waals surface area contributed by atoms with E-state index in [2.05, 4.69) is 36.3 Å². The molecule has 0 radical (unpaired) electrons. The minimum atomic E-state index is 0.804. The number of halogens is 1. The minimum absolute atomic E-state index is 0.804. The number of nitrogens with zero attached hydrogens (tertiary/aromatic N) is 1. The van der Waals surface area contributed by atoms with Gasteiger partial charge < -0.3 is 9.73 Å². The molecular weight excluding hydrogens is 292 g/mol. The van der Waals surface area contributed by atoms with Gasteiger partial charge in [0.15, 0.2) is 0 Å². The van der Waals surface area contributed by atoms with Gasteiger partial charge in [-0.3, -0.25) is 4.90 Å². The second-order valence-corrected chi connectivity index (χ2v) is 6.72. The molecule has 2 rings (SSSR count). The highest BCUT2D eigenvalue weighted by Crippen LogP contribution is 2.23. The van der Waals surface area contributed by atoms with Gasteiger partial charge in [0, 0.05) is 11.4 Å². The minimum Gasteiger partial charge on any atom is -0.463 e. The third kappa shape index (κ3) is 4.94. The molecule has 0 saturated carbocycles. The first-order valence-corrected chi connectivity index (χ1v) is 8.08. The van der Waals surface area contributed by atoms with E-state index in [9.17, 15) is 0 Å². The molecule has 0 bridgehead atoms. The Morgan fingerprint density at radius 2 is 2.00 bits per heavy atom. The molecule has 0 amide bonds. The van der Waals surface area contributed by atoms with Gasteiger partial charge in [-0.1, -0.05) is 18.5 Å². The molecule has 0 aromatic carbocycles. The van der Waals surface area contributed by atoms with Crippen LogP contribution in [-0.4, -0.2) is 18.5 Å². The first kappa shape index (κ1) is 15.6. The highest BCUT2D eigenvalue weighted by Gasteiger charge is 2.07. The molecule has 0 fully saturated rings. The van der Waals surface area contributed by atoms with Crippen LogP contribution in [-0.2, 0) is 19.6 Å². The van der Waals surface area contributed by atoms with Crippen molar-refractivity contribution in [1.29, 1.82) is 0 Å². The van der Waals surface area contributed by atoms with Crippen molar-refractivity contribution in [3.05, 3.63) is 45.0 Å². The number of hydrogen-bond acceptors (Lipinski definition) is 4. The Morgan fingerprint density at radius 1 is 1.20 bits per heavy atom. The van der Waals surface area contributed by atoms with Crippen molar-refractivity contribution in [3.63, 3.8) is 0 Å². The summed E-state index contributed by atoms with van der Waals surface area (Å²) < 4.78 is 6.66. The summed E-state index contributed by atoms with van der Waals surface area (Å²) in [6, 6.07) is 8.13. The van der Waals surface area contributed by atoms with Gasteiger partial charge in [-0.25, -0.2) is 0 Å². The smallest absolute Gasteiger partial charge is 0.118 e. The lowest BCUT2D eigenvalue weighted by molar-refractivity contribution is 0.284. The summed E-state index contributed by atoms with van der Waals surface area (Å²) in [7, 11) is 2.09. The van der Waals surface area contributed by atoms with Crippen LogP contribution in [0.15, 0.2) is 28.7 Å². The first-order valence-electron chi connectivity index (χ1n) is 6.88. The molecule has 0 aliphatic carbocycles. The molecule has 0 saturated heterocycles. The van der Waals surface area contributed by atoms with Crippen molar-refractivity contribution in [3.8, 4) is 0 Å². The van der Waals surface area contributed by atoms with Crippen molar-refractivity contribution in [2.75, 3.05) is 13.6 Å². The van der Waals surface area contributed by atoms with E-state index in [-0.39, 0.29) is 0 Å². The molecule has 0 aliphatic rings. The zero-order valence-electron chi connectivity index (χ0n) is 12.0. The zero-order valence-corrected chi connectivity index (χ0v) is 13.6.